The van der Waals surface area contributed by atoms with E-state index in [1.807, 2.05) is 76.5 Å². The minimum atomic E-state index is -0.0741. The van der Waals surface area contributed by atoms with E-state index in [4.69, 9.17) is 9.84 Å². The Kier molecular flexibility index (Phi) is 6.19. The monoisotopic (exact) mass is 473 g/mol. The zero-order valence-electron chi connectivity index (χ0n) is 20.5. The van der Waals surface area contributed by atoms with Crippen LogP contribution in [0.4, 0.5) is 0 Å². The number of para-hydroxylation sites is 2. The zero-order chi connectivity index (χ0) is 24.5. The predicted molar refractivity (Wildman–Crippen MR) is 135 cm³/mol. The molecule has 8 heteroatoms. The third kappa shape index (κ3) is 4.36. The van der Waals surface area contributed by atoms with Gasteiger partial charge < -0.3 is 14.6 Å². The predicted octanol–water partition coefficient (Wildman–Crippen LogP) is 3.94. The second-order valence-corrected chi connectivity index (χ2v) is 9.19. The number of aryl methyl sites for hydroxylation is 1. The maximum absolute atomic E-state index is 13.0. The van der Waals surface area contributed by atoms with Crippen LogP contribution in [-0.2, 0) is 11.2 Å². The SMILES string of the molecule is COc1cccc(-n2nc(C)c(CCC(=O)N3CCC(n4c(=O)[nH]c5ccccc54)CC3)c2C)c1. The number of hydrogen-bond acceptors (Lipinski definition) is 4. The number of imidazole rings is 1. The molecule has 0 unspecified atom stereocenters. The maximum Gasteiger partial charge on any atom is 0.326 e. The number of hydrogen-bond donors (Lipinski definition) is 1. The average molecular weight is 474 g/mol. The van der Waals surface area contributed by atoms with Crippen LogP contribution < -0.4 is 10.4 Å². The second-order valence-electron chi connectivity index (χ2n) is 9.19. The van der Waals surface area contributed by atoms with Crippen molar-refractivity contribution in [3.05, 3.63) is 76.0 Å². The average Bonchev–Trinajstić information content (AvgIpc) is 3.37. The molecular formula is C27H31N5O3. The maximum atomic E-state index is 13.0. The Morgan fingerprint density at radius 1 is 1.11 bits per heavy atom. The molecule has 2 aromatic carbocycles. The van der Waals surface area contributed by atoms with Crippen LogP contribution in [0.1, 0.15) is 42.3 Å². The number of aromatic nitrogens is 4. The van der Waals surface area contributed by atoms with Crippen LogP contribution in [-0.4, -0.2) is 50.3 Å². The van der Waals surface area contributed by atoms with Gasteiger partial charge in [0.05, 0.1) is 29.5 Å². The first-order valence-corrected chi connectivity index (χ1v) is 12.1. The number of carbonyl (C=O) groups is 1. The smallest absolute Gasteiger partial charge is 0.326 e. The van der Waals surface area contributed by atoms with Crippen LogP contribution in [0, 0.1) is 13.8 Å². The summed E-state index contributed by atoms with van der Waals surface area (Å²) in [6.07, 6.45) is 2.66. The molecule has 1 aliphatic heterocycles. The first-order chi connectivity index (χ1) is 17.0. The largest absolute Gasteiger partial charge is 0.497 e. The third-order valence-electron chi connectivity index (χ3n) is 7.13. The number of H-pyrrole nitrogens is 1. The fraction of sp³-hybridized carbons (Fsp3) is 0.370. The number of nitrogens with zero attached hydrogens (tertiary/aromatic N) is 4. The van der Waals surface area contributed by atoms with Gasteiger partial charge in [-0.3, -0.25) is 9.36 Å². The molecule has 3 heterocycles. The second kappa shape index (κ2) is 9.44. The molecule has 5 rings (SSSR count). The molecule has 0 saturated carbocycles. The van der Waals surface area contributed by atoms with E-state index in [0.29, 0.717) is 25.9 Å². The van der Waals surface area contributed by atoms with E-state index in [9.17, 15) is 9.59 Å². The fourth-order valence-corrected chi connectivity index (χ4v) is 5.23. The van der Waals surface area contributed by atoms with Gasteiger partial charge in [0.2, 0.25) is 5.91 Å². The minimum absolute atomic E-state index is 0.0741. The molecule has 0 bridgehead atoms. The number of piperidine rings is 1. The molecule has 1 saturated heterocycles. The van der Waals surface area contributed by atoms with Gasteiger partial charge in [0.25, 0.3) is 0 Å². The molecule has 1 amide bonds. The highest BCUT2D eigenvalue weighted by Gasteiger charge is 2.26. The van der Waals surface area contributed by atoms with Crippen molar-refractivity contribution < 1.29 is 9.53 Å². The van der Waals surface area contributed by atoms with Crippen molar-refractivity contribution in [3.8, 4) is 11.4 Å². The van der Waals surface area contributed by atoms with Gasteiger partial charge in [0.1, 0.15) is 5.75 Å². The van der Waals surface area contributed by atoms with Crippen molar-refractivity contribution in [1.29, 1.82) is 0 Å². The number of ether oxygens (including phenoxy) is 1. The van der Waals surface area contributed by atoms with Crippen LogP contribution in [0.15, 0.2) is 53.3 Å². The molecule has 0 aliphatic carbocycles. The molecule has 1 N–H and O–H groups in total. The highest BCUT2D eigenvalue weighted by molar-refractivity contribution is 5.77. The van der Waals surface area contributed by atoms with Gasteiger partial charge in [-0.1, -0.05) is 18.2 Å². The number of fused-ring (bicyclic) bond motifs is 1. The van der Waals surface area contributed by atoms with Crippen molar-refractivity contribution in [1.82, 2.24) is 24.2 Å². The lowest BCUT2D eigenvalue weighted by Crippen LogP contribution is -2.40. The third-order valence-corrected chi connectivity index (χ3v) is 7.13. The Balaban J connectivity index is 1.23. The summed E-state index contributed by atoms with van der Waals surface area (Å²) in [5.41, 5.74) is 5.75. The summed E-state index contributed by atoms with van der Waals surface area (Å²) < 4.78 is 9.12. The lowest BCUT2D eigenvalue weighted by Gasteiger charge is -2.32. The van der Waals surface area contributed by atoms with Gasteiger partial charge in [-0.2, -0.15) is 5.10 Å². The van der Waals surface area contributed by atoms with Crippen LogP contribution in [0.5, 0.6) is 5.75 Å². The van der Waals surface area contributed by atoms with Crippen molar-refractivity contribution in [2.45, 2.75) is 45.6 Å². The van der Waals surface area contributed by atoms with Crippen LogP contribution in [0.25, 0.3) is 16.7 Å². The number of carbonyl (C=O) groups excluding carboxylic acids is 1. The first-order valence-electron chi connectivity index (χ1n) is 12.1. The Morgan fingerprint density at radius 3 is 2.66 bits per heavy atom. The summed E-state index contributed by atoms with van der Waals surface area (Å²) >= 11 is 0. The summed E-state index contributed by atoms with van der Waals surface area (Å²) in [4.78, 5) is 30.4. The lowest BCUT2D eigenvalue weighted by atomic mass is 10.0. The van der Waals surface area contributed by atoms with E-state index < -0.39 is 0 Å². The molecule has 0 radical (unpaired) electrons. The van der Waals surface area contributed by atoms with E-state index in [1.165, 1.54) is 0 Å². The van der Waals surface area contributed by atoms with Gasteiger partial charge in [-0.25, -0.2) is 9.48 Å². The number of benzene rings is 2. The molecule has 35 heavy (non-hydrogen) atoms. The summed E-state index contributed by atoms with van der Waals surface area (Å²) in [5, 5.41) is 4.72. The standard InChI is InChI=1S/C27H31N5O3/c1-18-23(19(2)32(29-18)21-7-6-8-22(17-21)35-3)11-12-26(33)30-15-13-20(14-16-30)31-25-10-5-4-9-24(25)28-27(31)34/h4-10,17,20H,11-16H2,1-3H3,(H,28,34). The van der Waals surface area contributed by atoms with E-state index in [1.54, 1.807) is 7.11 Å². The van der Waals surface area contributed by atoms with Crippen LogP contribution in [0.2, 0.25) is 0 Å². The zero-order valence-corrected chi connectivity index (χ0v) is 20.5. The van der Waals surface area contributed by atoms with Gasteiger partial charge in [0.15, 0.2) is 0 Å². The van der Waals surface area contributed by atoms with Crippen molar-refractivity contribution in [3.63, 3.8) is 0 Å². The highest BCUT2D eigenvalue weighted by atomic mass is 16.5. The summed E-state index contributed by atoms with van der Waals surface area (Å²) in [7, 11) is 1.65. The minimum Gasteiger partial charge on any atom is -0.497 e. The summed E-state index contributed by atoms with van der Waals surface area (Å²) in [5.74, 6) is 0.938. The molecule has 8 nitrogen and oxygen atoms in total. The number of likely N-dealkylation sites (tertiary alicyclic amines) is 1. The Bertz CT molecular complexity index is 1420. The topological polar surface area (TPSA) is 85.2 Å². The number of aromatic amines is 1. The Hall–Kier alpha value is -3.81. The van der Waals surface area contributed by atoms with Crippen LogP contribution >= 0.6 is 0 Å². The van der Waals surface area contributed by atoms with E-state index in [-0.39, 0.29) is 17.6 Å². The van der Waals surface area contributed by atoms with E-state index in [2.05, 4.69) is 4.98 Å². The normalized spacial score (nSPS) is 14.5. The highest BCUT2D eigenvalue weighted by Crippen LogP contribution is 2.26. The van der Waals surface area contributed by atoms with Crippen molar-refractivity contribution in [2.75, 3.05) is 20.2 Å². The molecule has 4 aromatic rings. The van der Waals surface area contributed by atoms with E-state index in [0.717, 1.165) is 52.3 Å². The number of nitrogens with one attached hydrogen (secondary N) is 1. The van der Waals surface area contributed by atoms with E-state index >= 15 is 0 Å². The molecule has 1 fully saturated rings. The molecule has 0 atom stereocenters. The van der Waals surface area contributed by atoms with Crippen molar-refractivity contribution >= 4 is 16.9 Å². The van der Waals surface area contributed by atoms with Gasteiger partial charge in [0, 0.05) is 37.3 Å². The number of amides is 1. The molecule has 1 aliphatic rings. The molecule has 2 aromatic heterocycles. The Labute approximate surface area is 204 Å². The van der Waals surface area contributed by atoms with Gasteiger partial charge >= 0.3 is 5.69 Å². The number of methoxy groups -OCH3 is 1. The lowest BCUT2D eigenvalue weighted by molar-refractivity contribution is -0.132. The van der Waals surface area contributed by atoms with Gasteiger partial charge in [-0.15, -0.1) is 0 Å². The van der Waals surface area contributed by atoms with Crippen molar-refractivity contribution in [2.24, 2.45) is 0 Å². The molecule has 0 spiro atoms. The summed E-state index contributed by atoms with van der Waals surface area (Å²) in [6, 6.07) is 15.7. The Morgan fingerprint density at radius 2 is 1.89 bits per heavy atom. The molecular weight excluding hydrogens is 442 g/mol. The number of rotatable bonds is 6. The van der Waals surface area contributed by atoms with Crippen LogP contribution in [0.3, 0.4) is 0 Å². The quantitative estimate of drug-likeness (QED) is 0.460. The summed E-state index contributed by atoms with van der Waals surface area (Å²) in [6.45, 7) is 5.37. The molecule has 182 valence electrons. The fourth-order valence-electron chi connectivity index (χ4n) is 5.23. The van der Waals surface area contributed by atoms with Gasteiger partial charge in [-0.05, 0) is 62.9 Å². The first kappa shape index (κ1) is 23.0.